The summed E-state index contributed by atoms with van der Waals surface area (Å²) in [5.74, 6) is 0.0390. The molecule has 3 amide bonds. The zero-order chi connectivity index (χ0) is 41.5. The number of nitrogens with zero attached hydrogens (tertiary/aromatic N) is 6. The Morgan fingerprint density at radius 3 is 1.81 bits per heavy atom. The first kappa shape index (κ1) is 41.2. The summed E-state index contributed by atoms with van der Waals surface area (Å²) in [6.07, 6.45) is 4.58. The third-order valence-electron chi connectivity index (χ3n) is 11.3. The molecular formula is C42H50Cl2N8O6. The number of rotatable bonds is 8. The second kappa shape index (κ2) is 16.7. The van der Waals surface area contributed by atoms with Gasteiger partial charge in [-0.1, -0.05) is 47.5 Å². The molecule has 7 rings (SSSR count). The summed E-state index contributed by atoms with van der Waals surface area (Å²) >= 11 is 13.9. The highest BCUT2D eigenvalue weighted by atomic mass is 35.5. The van der Waals surface area contributed by atoms with Crippen molar-refractivity contribution in [1.82, 2.24) is 28.9 Å². The number of fused-ring (bicyclic) bond motifs is 2. The van der Waals surface area contributed by atoms with E-state index >= 15 is 0 Å². The highest BCUT2D eigenvalue weighted by Crippen LogP contribution is 2.40. The Kier molecular flexibility index (Phi) is 11.9. The number of imidazole rings is 2. The summed E-state index contributed by atoms with van der Waals surface area (Å²) < 4.78 is 14.1. The second-order valence-corrected chi connectivity index (χ2v) is 17.2. The van der Waals surface area contributed by atoms with E-state index in [1.54, 1.807) is 52.9 Å². The smallest absolute Gasteiger partial charge is 0.410 e. The molecule has 1 aliphatic carbocycles. The number of esters is 1. The van der Waals surface area contributed by atoms with Gasteiger partial charge in [0.1, 0.15) is 5.60 Å². The maximum atomic E-state index is 13.7. The first-order valence-corrected chi connectivity index (χ1v) is 20.4. The number of halogens is 2. The lowest BCUT2D eigenvalue weighted by atomic mass is 9.81. The van der Waals surface area contributed by atoms with Crippen LogP contribution in [0.1, 0.15) is 90.5 Å². The molecule has 0 atom stereocenters. The molecule has 3 aliphatic rings. The van der Waals surface area contributed by atoms with E-state index in [1.807, 2.05) is 32.4 Å². The fraction of sp³-hybridized carbons (Fsp3) is 0.476. The van der Waals surface area contributed by atoms with Gasteiger partial charge < -0.3 is 34.1 Å². The normalized spacial score (nSPS) is 18.2. The second-order valence-electron chi connectivity index (χ2n) is 16.4. The average Bonchev–Trinajstić information content (AvgIpc) is 3.71. The number of anilines is 2. The van der Waals surface area contributed by atoms with Gasteiger partial charge in [-0.2, -0.15) is 0 Å². The van der Waals surface area contributed by atoms with Crippen LogP contribution in [0.3, 0.4) is 0 Å². The van der Waals surface area contributed by atoms with E-state index in [9.17, 15) is 19.2 Å². The fourth-order valence-electron chi connectivity index (χ4n) is 8.30. The standard InChI is InChI=1S/C42H50Cl2N8O6/c1-42(2,3)58-41(56)52-20-18-33-31(23-52)46-37(50(33)5)39(54)48-29-12-8-10-27(35(29)44)26-9-7-11-28(34(26)43)47-38(53)36-45-30-22-51(19-17-32(30)49(36)4)21-24-13-15-25(16-14-24)40(55)57-6/h7-12,24-25H,13-23H2,1-6H3,(H,47,53)(H,48,54)/t24-,25+. The van der Waals surface area contributed by atoms with E-state index in [-0.39, 0.29) is 40.2 Å². The van der Waals surface area contributed by atoms with Crippen molar-refractivity contribution in [2.75, 3.05) is 37.4 Å². The van der Waals surface area contributed by atoms with Gasteiger partial charge in [-0.15, -0.1) is 0 Å². The van der Waals surface area contributed by atoms with E-state index < -0.39 is 17.6 Å². The molecule has 4 heterocycles. The van der Waals surface area contributed by atoms with Gasteiger partial charge in [0.25, 0.3) is 11.8 Å². The molecule has 0 spiro atoms. The van der Waals surface area contributed by atoms with Crippen LogP contribution in [0.15, 0.2) is 36.4 Å². The van der Waals surface area contributed by atoms with Gasteiger partial charge in [-0.25, -0.2) is 14.8 Å². The van der Waals surface area contributed by atoms with Gasteiger partial charge in [0.15, 0.2) is 11.6 Å². The molecule has 0 unspecified atom stereocenters. The van der Waals surface area contributed by atoms with Crippen molar-refractivity contribution in [3.05, 3.63) is 80.9 Å². The van der Waals surface area contributed by atoms with E-state index in [2.05, 4.69) is 20.5 Å². The molecular weight excluding hydrogens is 783 g/mol. The Hall–Kier alpha value is -4.92. The summed E-state index contributed by atoms with van der Waals surface area (Å²) in [6, 6.07) is 10.5. The van der Waals surface area contributed by atoms with E-state index in [0.29, 0.717) is 59.4 Å². The number of carbonyl (C=O) groups is 4. The SMILES string of the molecule is COC(=O)[C@H]1CC[C@@H](CN2CCc3c(nc(C(=O)Nc4cccc(-c5cccc(NC(=O)c6nc7c(n6C)CCN(C(=O)OC(C)(C)C)C7)c5Cl)c4Cl)n3C)C2)CC1. The summed E-state index contributed by atoms with van der Waals surface area (Å²) in [4.78, 5) is 65.4. The summed E-state index contributed by atoms with van der Waals surface area (Å²) in [5, 5.41) is 6.39. The Bertz CT molecular complexity index is 2250. The number of hydrogen-bond acceptors (Lipinski definition) is 9. The van der Waals surface area contributed by atoms with E-state index in [4.69, 9.17) is 37.7 Å². The maximum Gasteiger partial charge on any atom is 0.410 e. The van der Waals surface area contributed by atoms with E-state index in [0.717, 1.165) is 62.3 Å². The molecule has 308 valence electrons. The largest absolute Gasteiger partial charge is 0.469 e. The predicted octanol–water partition coefficient (Wildman–Crippen LogP) is 7.26. The molecule has 1 saturated carbocycles. The Labute approximate surface area is 348 Å². The number of ether oxygens (including phenoxy) is 2. The van der Waals surface area contributed by atoms with Gasteiger partial charge in [-0.05, 0) is 64.5 Å². The minimum absolute atomic E-state index is 0.00221. The summed E-state index contributed by atoms with van der Waals surface area (Å²) in [5.41, 5.74) is 4.66. The van der Waals surface area contributed by atoms with Crippen LogP contribution < -0.4 is 10.6 Å². The molecule has 0 bridgehead atoms. The molecule has 2 aromatic carbocycles. The van der Waals surface area contributed by atoms with Gasteiger partial charge in [-0.3, -0.25) is 19.3 Å². The quantitative estimate of drug-likeness (QED) is 0.175. The molecule has 16 heteroatoms. The third kappa shape index (κ3) is 8.60. The highest BCUT2D eigenvalue weighted by molar-refractivity contribution is 6.40. The van der Waals surface area contributed by atoms with Crippen LogP contribution in [0.5, 0.6) is 0 Å². The van der Waals surface area contributed by atoms with Crippen molar-refractivity contribution in [3.8, 4) is 11.1 Å². The van der Waals surface area contributed by atoms with Crippen molar-refractivity contribution in [2.24, 2.45) is 25.9 Å². The Balaban J connectivity index is 1.01. The molecule has 0 saturated heterocycles. The Morgan fingerprint density at radius 1 is 0.776 bits per heavy atom. The highest BCUT2D eigenvalue weighted by Gasteiger charge is 2.32. The monoisotopic (exact) mass is 832 g/mol. The summed E-state index contributed by atoms with van der Waals surface area (Å²) in [6.45, 7) is 8.60. The molecule has 1 fully saturated rings. The number of methoxy groups -OCH3 is 1. The van der Waals surface area contributed by atoms with Crippen LogP contribution >= 0.6 is 23.2 Å². The molecule has 2 N–H and O–H groups in total. The van der Waals surface area contributed by atoms with Gasteiger partial charge in [0, 0.05) is 75.6 Å². The average molecular weight is 834 g/mol. The van der Waals surface area contributed by atoms with Crippen LogP contribution in [0.25, 0.3) is 11.1 Å². The van der Waals surface area contributed by atoms with Gasteiger partial charge in [0.05, 0.1) is 52.4 Å². The summed E-state index contributed by atoms with van der Waals surface area (Å²) in [7, 11) is 5.09. The minimum atomic E-state index is -0.625. The molecule has 58 heavy (non-hydrogen) atoms. The zero-order valence-corrected chi connectivity index (χ0v) is 35.3. The number of amides is 3. The molecule has 2 aliphatic heterocycles. The fourth-order valence-corrected chi connectivity index (χ4v) is 8.85. The van der Waals surface area contributed by atoms with Gasteiger partial charge in [0.2, 0.25) is 0 Å². The number of carbonyl (C=O) groups excluding carboxylic acids is 4. The van der Waals surface area contributed by atoms with Crippen LogP contribution in [-0.4, -0.2) is 85.1 Å². The number of nitrogens with one attached hydrogen (secondary N) is 2. The first-order valence-electron chi connectivity index (χ1n) is 19.7. The van der Waals surface area contributed by atoms with Crippen LogP contribution in [0.2, 0.25) is 10.0 Å². The topological polar surface area (TPSA) is 153 Å². The molecule has 4 aromatic rings. The third-order valence-corrected chi connectivity index (χ3v) is 12.1. The van der Waals surface area contributed by atoms with Gasteiger partial charge >= 0.3 is 12.1 Å². The lowest BCUT2D eigenvalue weighted by Crippen LogP contribution is -2.40. The number of benzene rings is 2. The Morgan fingerprint density at radius 2 is 1.29 bits per heavy atom. The van der Waals surface area contributed by atoms with E-state index in [1.165, 1.54) is 7.11 Å². The van der Waals surface area contributed by atoms with Crippen LogP contribution in [-0.2, 0) is 54.3 Å². The van der Waals surface area contributed by atoms with Crippen molar-refractivity contribution in [3.63, 3.8) is 0 Å². The van der Waals surface area contributed by atoms with Crippen LogP contribution in [0, 0.1) is 11.8 Å². The number of aromatic nitrogens is 4. The molecule has 2 aromatic heterocycles. The van der Waals surface area contributed by atoms with Crippen molar-refractivity contribution in [2.45, 2.75) is 78.0 Å². The number of hydrogen-bond donors (Lipinski definition) is 2. The van der Waals surface area contributed by atoms with Crippen LogP contribution in [0.4, 0.5) is 16.2 Å². The zero-order valence-electron chi connectivity index (χ0n) is 33.8. The maximum absolute atomic E-state index is 13.7. The lowest BCUT2D eigenvalue weighted by Gasteiger charge is -2.33. The lowest BCUT2D eigenvalue weighted by molar-refractivity contribution is -0.146. The predicted molar refractivity (Wildman–Crippen MR) is 221 cm³/mol. The first-order chi connectivity index (χ1) is 27.6. The molecule has 0 radical (unpaired) electrons. The minimum Gasteiger partial charge on any atom is -0.469 e. The molecule has 14 nitrogen and oxygen atoms in total. The van der Waals surface area contributed by atoms with Crippen molar-refractivity contribution < 1.29 is 28.7 Å². The van der Waals surface area contributed by atoms with Crippen molar-refractivity contribution >= 4 is 58.5 Å². The van der Waals surface area contributed by atoms with Crippen molar-refractivity contribution in [1.29, 1.82) is 0 Å².